The average Bonchev–Trinajstić information content (AvgIpc) is 2.81. The number of benzene rings is 1. The molecular formula is C15H11F3N2O2S. The van der Waals surface area contributed by atoms with Gasteiger partial charge < -0.3 is 9.72 Å². The minimum Gasteiger partial charge on any atom is -0.406 e. The van der Waals surface area contributed by atoms with Crippen LogP contribution in [0.25, 0.3) is 10.2 Å². The molecule has 0 aliphatic heterocycles. The standard InChI is InChI=1S/C15H11F3N2O2S/c1-8-7-23-14-12(8)13(21)19-11(20-14)6-9-2-4-10(5-3-9)22-15(16,17)18/h2-5,7H,6H2,1H3,(H,19,20,21). The highest BCUT2D eigenvalue weighted by Gasteiger charge is 2.30. The Morgan fingerprint density at radius 2 is 1.96 bits per heavy atom. The lowest BCUT2D eigenvalue weighted by atomic mass is 10.1. The Morgan fingerprint density at radius 3 is 2.61 bits per heavy atom. The number of ether oxygens (including phenoxy) is 1. The molecule has 0 aliphatic rings. The van der Waals surface area contributed by atoms with Gasteiger partial charge in [0.2, 0.25) is 0 Å². The zero-order chi connectivity index (χ0) is 16.6. The van der Waals surface area contributed by atoms with E-state index in [-0.39, 0.29) is 11.3 Å². The molecule has 4 nitrogen and oxygen atoms in total. The number of aryl methyl sites for hydroxylation is 1. The lowest BCUT2D eigenvalue weighted by molar-refractivity contribution is -0.274. The summed E-state index contributed by atoms with van der Waals surface area (Å²) in [5.74, 6) is 0.181. The number of nitrogens with zero attached hydrogens (tertiary/aromatic N) is 1. The van der Waals surface area contributed by atoms with E-state index in [1.807, 2.05) is 12.3 Å². The van der Waals surface area contributed by atoms with Gasteiger partial charge in [-0.1, -0.05) is 12.1 Å². The number of fused-ring (bicyclic) bond motifs is 1. The molecule has 0 atom stereocenters. The second-order valence-corrected chi connectivity index (χ2v) is 5.84. The number of rotatable bonds is 3. The Bertz CT molecular complexity index is 898. The molecule has 0 spiro atoms. The van der Waals surface area contributed by atoms with E-state index in [1.54, 1.807) is 0 Å². The first kappa shape index (κ1) is 15.5. The van der Waals surface area contributed by atoms with Crippen LogP contribution in [0.15, 0.2) is 34.4 Å². The summed E-state index contributed by atoms with van der Waals surface area (Å²) < 4.78 is 40.2. The number of aromatic amines is 1. The molecule has 1 aromatic carbocycles. The Hall–Kier alpha value is -2.35. The van der Waals surface area contributed by atoms with Gasteiger partial charge in [0, 0.05) is 6.42 Å². The fourth-order valence-corrected chi connectivity index (χ4v) is 3.16. The van der Waals surface area contributed by atoms with Crippen LogP contribution in [0.2, 0.25) is 0 Å². The number of hydrogen-bond donors (Lipinski definition) is 1. The molecule has 0 aliphatic carbocycles. The summed E-state index contributed by atoms with van der Waals surface area (Å²) in [5, 5.41) is 2.44. The molecule has 1 N–H and O–H groups in total. The van der Waals surface area contributed by atoms with Crippen molar-refractivity contribution in [3.05, 3.63) is 57.0 Å². The van der Waals surface area contributed by atoms with Crippen LogP contribution in [-0.2, 0) is 6.42 Å². The minimum atomic E-state index is -4.71. The van der Waals surface area contributed by atoms with E-state index in [1.165, 1.54) is 35.6 Å². The van der Waals surface area contributed by atoms with E-state index < -0.39 is 6.36 Å². The fraction of sp³-hybridized carbons (Fsp3) is 0.200. The highest BCUT2D eigenvalue weighted by molar-refractivity contribution is 7.16. The number of alkyl halides is 3. The monoisotopic (exact) mass is 340 g/mol. The molecule has 3 aromatic rings. The molecular weight excluding hydrogens is 329 g/mol. The topological polar surface area (TPSA) is 55.0 Å². The molecule has 23 heavy (non-hydrogen) atoms. The van der Waals surface area contributed by atoms with E-state index in [4.69, 9.17) is 0 Å². The molecule has 0 saturated carbocycles. The minimum absolute atomic E-state index is 0.208. The maximum atomic E-state index is 12.1. The highest BCUT2D eigenvalue weighted by atomic mass is 32.1. The molecule has 0 saturated heterocycles. The van der Waals surface area contributed by atoms with Crippen molar-refractivity contribution in [2.24, 2.45) is 0 Å². The molecule has 0 radical (unpaired) electrons. The van der Waals surface area contributed by atoms with Gasteiger partial charge in [0.05, 0.1) is 5.39 Å². The van der Waals surface area contributed by atoms with Gasteiger partial charge >= 0.3 is 6.36 Å². The summed E-state index contributed by atoms with van der Waals surface area (Å²) in [5.41, 5.74) is 1.38. The fourth-order valence-electron chi connectivity index (χ4n) is 2.22. The maximum absolute atomic E-state index is 12.1. The Balaban J connectivity index is 1.83. The molecule has 0 fully saturated rings. The van der Waals surface area contributed by atoms with Gasteiger partial charge in [-0.2, -0.15) is 0 Å². The normalized spacial score (nSPS) is 11.8. The number of hydrogen-bond acceptors (Lipinski definition) is 4. The van der Waals surface area contributed by atoms with Gasteiger partial charge in [-0.3, -0.25) is 4.79 Å². The van der Waals surface area contributed by atoms with E-state index in [2.05, 4.69) is 14.7 Å². The van der Waals surface area contributed by atoms with E-state index >= 15 is 0 Å². The summed E-state index contributed by atoms with van der Waals surface area (Å²) in [6, 6.07) is 5.47. The van der Waals surface area contributed by atoms with Gasteiger partial charge in [-0.15, -0.1) is 24.5 Å². The molecule has 0 bridgehead atoms. The van der Waals surface area contributed by atoms with Crippen molar-refractivity contribution in [2.45, 2.75) is 19.7 Å². The van der Waals surface area contributed by atoms with Crippen molar-refractivity contribution in [1.29, 1.82) is 0 Å². The summed E-state index contributed by atoms with van der Waals surface area (Å²) in [6.07, 6.45) is -4.40. The molecule has 8 heteroatoms. The second-order valence-electron chi connectivity index (χ2n) is 4.98. The number of nitrogens with one attached hydrogen (secondary N) is 1. The second kappa shape index (κ2) is 5.69. The molecule has 3 rings (SSSR count). The van der Waals surface area contributed by atoms with Crippen molar-refractivity contribution in [1.82, 2.24) is 9.97 Å². The Morgan fingerprint density at radius 1 is 1.26 bits per heavy atom. The molecule has 2 heterocycles. The van der Waals surface area contributed by atoms with Crippen molar-refractivity contribution < 1.29 is 17.9 Å². The van der Waals surface area contributed by atoms with Crippen LogP contribution in [0, 0.1) is 6.92 Å². The maximum Gasteiger partial charge on any atom is 0.573 e. The lowest BCUT2D eigenvalue weighted by Gasteiger charge is -2.09. The van der Waals surface area contributed by atoms with Crippen molar-refractivity contribution in [3.8, 4) is 5.75 Å². The Kier molecular flexibility index (Phi) is 3.85. The lowest BCUT2D eigenvalue weighted by Crippen LogP contribution is -2.17. The van der Waals surface area contributed by atoms with Gasteiger partial charge in [0.15, 0.2) is 0 Å². The van der Waals surface area contributed by atoms with Crippen molar-refractivity contribution >= 4 is 21.6 Å². The third kappa shape index (κ3) is 3.53. The summed E-state index contributed by atoms with van der Waals surface area (Å²) >= 11 is 1.39. The first-order chi connectivity index (χ1) is 10.8. The van der Waals surface area contributed by atoms with Gasteiger partial charge in [-0.05, 0) is 35.6 Å². The van der Waals surface area contributed by atoms with E-state index in [0.717, 1.165) is 11.1 Å². The van der Waals surface area contributed by atoms with Gasteiger partial charge in [0.25, 0.3) is 5.56 Å². The molecule has 120 valence electrons. The zero-order valence-corrected chi connectivity index (χ0v) is 12.7. The number of aromatic nitrogens is 2. The van der Waals surface area contributed by atoms with Crippen LogP contribution < -0.4 is 10.3 Å². The number of thiophene rings is 1. The molecule has 0 unspecified atom stereocenters. The largest absolute Gasteiger partial charge is 0.573 e. The van der Waals surface area contributed by atoms with E-state index in [9.17, 15) is 18.0 Å². The van der Waals surface area contributed by atoms with Crippen LogP contribution in [0.5, 0.6) is 5.75 Å². The van der Waals surface area contributed by atoms with Crippen LogP contribution in [0.1, 0.15) is 17.0 Å². The van der Waals surface area contributed by atoms with Crippen molar-refractivity contribution in [3.63, 3.8) is 0 Å². The predicted octanol–water partition coefficient (Wildman–Crippen LogP) is 3.78. The predicted molar refractivity (Wildman–Crippen MR) is 80.9 cm³/mol. The number of halogens is 3. The third-order valence-electron chi connectivity index (χ3n) is 3.21. The van der Waals surface area contributed by atoms with Gasteiger partial charge in [-0.25, -0.2) is 4.98 Å². The SMILES string of the molecule is Cc1csc2nc(Cc3ccc(OC(F)(F)F)cc3)[nH]c(=O)c12. The van der Waals surface area contributed by atoms with Crippen LogP contribution in [0.3, 0.4) is 0 Å². The quantitative estimate of drug-likeness (QED) is 0.789. The smallest absolute Gasteiger partial charge is 0.406 e. The summed E-state index contributed by atoms with van der Waals surface area (Å²) in [7, 11) is 0. The van der Waals surface area contributed by atoms with Crippen LogP contribution in [0.4, 0.5) is 13.2 Å². The summed E-state index contributed by atoms with van der Waals surface area (Å²) in [4.78, 5) is 19.8. The molecule has 0 amide bonds. The van der Waals surface area contributed by atoms with Crippen LogP contribution in [-0.4, -0.2) is 16.3 Å². The zero-order valence-electron chi connectivity index (χ0n) is 11.9. The van der Waals surface area contributed by atoms with Gasteiger partial charge in [0.1, 0.15) is 16.4 Å². The van der Waals surface area contributed by atoms with E-state index in [0.29, 0.717) is 22.5 Å². The molecule has 2 aromatic heterocycles. The first-order valence-corrected chi connectivity index (χ1v) is 7.51. The number of H-pyrrole nitrogens is 1. The van der Waals surface area contributed by atoms with Crippen LogP contribution >= 0.6 is 11.3 Å². The third-order valence-corrected chi connectivity index (χ3v) is 4.20. The van der Waals surface area contributed by atoms with Crippen molar-refractivity contribution in [2.75, 3.05) is 0 Å². The Labute approximate surface area is 132 Å². The first-order valence-electron chi connectivity index (χ1n) is 6.63. The summed E-state index contributed by atoms with van der Waals surface area (Å²) in [6.45, 7) is 1.84. The highest BCUT2D eigenvalue weighted by Crippen LogP contribution is 2.24. The average molecular weight is 340 g/mol.